The van der Waals surface area contributed by atoms with Crippen molar-refractivity contribution in [3.8, 4) is 6.07 Å². The molecular formula is C15H18N2O. The normalized spacial score (nSPS) is 10.9. The number of carbonyl (C=O) groups excluding carboxylic acids is 1. The van der Waals surface area contributed by atoms with Crippen LogP contribution < -0.4 is 5.32 Å². The van der Waals surface area contributed by atoms with Crippen LogP contribution in [0.25, 0.3) is 6.08 Å². The largest absolute Gasteiger partial charge is 0.351 e. The minimum atomic E-state index is -0.305. The standard InChI is InChI=1S/C15H18N2O/c1-4-7-17-15(18)14(10-16)9-13-8-11(2)5-6-12(13)3/h5-6,8-9H,4,7H2,1-3H3,(H,17,18)/b14-9+. The predicted molar refractivity (Wildman–Crippen MR) is 72.8 cm³/mol. The predicted octanol–water partition coefficient (Wildman–Crippen LogP) is 2.74. The zero-order valence-electron chi connectivity index (χ0n) is 11.1. The van der Waals surface area contributed by atoms with E-state index in [1.165, 1.54) is 0 Å². The molecule has 18 heavy (non-hydrogen) atoms. The van der Waals surface area contributed by atoms with Gasteiger partial charge in [-0.3, -0.25) is 4.79 Å². The van der Waals surface area contributed by atoms with Gasteiger partial charge in [-0.1, -0.05) is 30.7 Å². The van der Waals surface area contributed by atoms with Gasteiger partial charge in [-0.25, -0.2) is 0 Å². The lowest BCUT2D eigenvalue weighted by Gasteiger charge is -2.04. The van der Waals surface area contributed by atoms with Crippen molar-refractivity contribution in [2.75, 3.05) is 6.54 Å². The van der Waals surface area contributed by atoms with Crippen LogP contribution in [-0.4, -0.2) is 12.5 Å². The molecule has 0 atom stereocenters. The fraction of sp³-hybridized carbons (Fsp3) is 0.333. The topological polar surface area (TPSA) is 52.9 Å². The first-order valence-electron chi connectivity index (χ1n) is 6.05. The Balaban J connectivity index is 3.01. The van der Waals surface area contributed by atoms with E-state index < -0.39 is 0 Å². The number of nitrogens with zero attached hydrogens (tertiary/aromatic N) is 1. The number of amides is 1. The molecule has 1 aromatic rings. The maximum absolute atomic E-state index is 11.7. The number of nitriles is 1. The first-order chi connectivity index (χ1) is 8.58. The quantitative estimate of drug-likeness (QED) is 0.652. The summed E-state index contributed by atoms with van der Waals surface area (Å²) in [5.74, 6) is -0.305. The highest BCUT2D eigenvalue weighted by Gasteiger charge is 2.08. The van der Waals surface area contributed by atoms with Crippen molar-refractivity contribution in [1.82, 2.24) is 5.32 Å². The highest BCUT2D eigenvalue weighted by molar-refractivity contribution is 6.01. The van der Waals surface area contributed by atoms with E-state index in [0.717, 1.165) is 23.1 Å². The molecule has 94 valence electrons. The maximum atomic E-state index is 11.7. The fourth-order valence-electron chi connectivity index (χ4n) is 1.55. The van der Waals surface area contributed by atoms with Gasteiger partial charge in [0.25, 0.3) is 5.91 Å². The van der Waals surface area contributed by atoms with Gasteiger partial charge in [0, 0.05) is 6.54 Å². The Morgan fingerprint density at radius 1 is 1.44 bits per heavy atom. The number of hydrogen-bond acceptors (Lipinski definition) is 2. The minimum Gasteiger partial charge on any atom is -0.351 e. The molecule has 0 aliphatic carbocycles. The highest BCUT2D eigenvalue weighted by atomic mass is 16.1. The van der Waals surface area contributed by atoms with E-state index in [1.807, 2.05) is 45.0 Å². The van der Waals surface area contributed by atoms with Crippen LogP contribution in [0.15, 0.2) is 23.8 Å². The van der Waals surface area contributed by atoms with Crippen LogP contribution >= 0.6 is 0 Å². The van der Waals surface area contributed by atoms with Crippen LogP contribution in [-0.2, 0) is 4.79 Å². The van der Waals surface area contributed by atoms with Crippen LogP contribution in [0.2, 0.25) is 0 Å². The fourth-order valence-corrected chi connectivity index (χ4v) is 1.55. The average molecular weight is 242 g/mol. The van der Waals surface area contributed by atoms with Gasteiger partial charge in [0.05, 0.1) is 0 Å². The van der Waals surface area contributed by atoms with Crippen molar-refractivity contribution < 1.29 is 4.79 Å². The lowest BCUT2D eigenvalue weighted by molar-refractivity contribution is -0.117. The second-order valence-corrected chi connectivity index (χ2v) is 4.29. The van der Waals surface area contributed by atoms with Crippen molar-refractivity contribution >= 4 is 12.0 Å². The maximum Gasteiger partial charge on any atom is 0.261 e. The molecule has 0 aliphatic heterocycles. The second kappa shape index (κ2) is 6.61. The molecule has 3 heteroatoms. The molecular weight excluding hydrogens is 224 g/mol. The lowest BCUT2D eigenvalue weighted by Crippen LogP contribution is -2.25. The summed E-state index contributed by atoms with van der Waals surface area (Å²) in [4.78, 5) is 11.7. The smallest absolute Gasteiger partial charge is 0.261 e. The van der Waals surface area contributed by atoms with E-state index in [2.05, 4.69) is 5.32 Å². The van der Waals surface area contributed by atoms with Gasteiger partial charge >= 0.3 is 0 Å². The van der Waals surface area contributed by atoms with Gasteiger partial charge in [-0.15, -0.1) is 0 Å². The number of benzene rings is 1. The zero-order valence-corrected chi connectivity index (χ0v) is 11.1. The summed E-state index contributed by atoms with van der Waals surface area (Å²) in [6.07, 6.45) is 2.50. The van der Waals surface area contributed by atoms with E-state index in [4.69, 9.17) is 5.26 Å². The lowest BCUT2D eigenvalue weighted by atomic mass is 10.0. The first kappa shape index (κ1) is 14.0. The third-order valence-corrected chi connectivity index (χ3v) is 2.64. The molecule has 0 saturated carbocycles. The van der Waals surface area contributed by atoms with Gasteiger partial charge in [0.2, 0.25) is 0 Å². The first-order valence-corrected chi connectivity index (χ1v) is 6.05. The molecule has 0 fully saturated rings. The summed E-state index contributed by atoms with van der Waals surface area (Å²) >= 11 is 0. The van der Waals surface area contributed by atoms with Gasteiger partial charge in [0.15, 0.2) is 0 Å². The van der Waals surface area contributed by atoms with Gasteiger partial charge in [-0.2, -0.15) is 5.26 Å². The monoisotopic (exact) mass is 242 g/mol. The van der Waals surface area contributed by atoms with Crippen LogP contribution in [0.4, 0.5) is 0 Å². The Hall–Kier alpha value is -2.08. The van der Waals surface area contributed by atoms with Gasteiger partial charge < -0.3 is 5.32 Å². The SMILES string of the molecule is CCCNC(=O)/C(C#N)=C/c1cc(C)ccc1C. The van der Waals surface area contributed by atoms with E-state index in [-0.39, 0.29) is 11.5 Å². The zero-order chi connectivity index (χ0) is 13.5. The summed E-state index contributed by atoms with van der Waals surface area (Å²) in [7, 11) is 0. The van der Waals surface area contributed by atoms with Crippen molar-refractivity contribution in [3.63, 3.8) is 0 Å². The van der Waals surface area contributed by atoms with Crippen LogP contribution in [0.5, 0.6) is 0 Å². The van der Waals surface area contributed by atoms with Crippen molar-refractivity contribution in [3.05, 3.63) is 40.5 Å². The average Bonchev–Trinajstić information content (AvgIpc) is 2.36. The molecule has 1 rings (SSSR count). The Kier molecular flexibility index (Phi) is 5.13. The highest BCUT2D eigenvalue weighted by Crippen LogP contribution is 2.14. The summed E-state index contributed by atoms with van der Waals surface area (Å²) < 4.78 is 0. The number of rotatable bonds is 4. The summed E-state index contributed by atoms with van der Waals surface area (Å²) in [6, 6.07) is 7.92. The van der Waals surface area contributed by atoms with Crippen LogP contribution in [0.1, 0.15) is 30.0 Å². The third kappa shape index (κ3) is 3.74. The molecule has 0 unspecified atom stereocenters. The number of aryl methyl sites for hydroxylation is 2. The molecule has 0 heterocycles. The summed E-state index contributed by atoms with van der Waals surface area (Å²) in [5.41, 5.74) is 3.23. The Labute approximate surface area is 108 Å². The molecule has 0 saturated heterocycles. The molecule has 1 amide bonds. The Bertz CT molecular complexity index is 510. The molecule has 0 spiro atoms. The number of hydrogen-bond donors (Lipinski definition) is 1. The molecule has 1 aromatic carbocycles. The Morgan fingerprint density at radius 2 is 2.17 bits per heavy atom. The Morgan fingerprint density at radius 3 is 2.78 bits per heavy atom. The van der Waals surface area contributed by atoms with Gasteiger partial charge in [-0.05, 0) is 37.5 Å². The van der Waals surface area contributed by atoms with E-state index in [9.17, 15) is 4.79 Å². The summed E-state index contributed by atoms with van der Waals surface area (Å²) in [5, 5.41) is 11.7. The van der Waals surface area contributed by atoms with E-state index in [1.54, 1.807) is 6.08 Å². The van der Waals surface area contributed by atoms with Crippen molar-refractivity contribution in [1.29, 1.82) is 5.26 Å². The van der Waals surface area contributed by atoms with E-state index in [0.29, 0.717) is 6.54 Å². The molecule has 0 aromatic heterocycles. The van der Waals surface area contributed by atoms with Crippen molar-refractivity contribution in [2.45, 2.75) is 27.2 Å². The van der Waals surface area contributed by atoms with Gasteiger partial charge in [0.1, 0.15) is 11.6 Å². The molecule has 0 bridgehead atoms. The third-order valence-electron chi connectivity index (χ3n) is 2.64. The number of nitrogens with one attached hydrogen (secondary N) is 1. The molecule has 1 N–H and O–H groups in total. The van der Waals surface area contributed by atoms with Crippen molar-refractivity contribution in [2.24, 2.45) is 0 Å². The molecule has 0 aliphatic rings. The second-order valence-electron chi connectivity index (χ2n) is 4.29. The van der Waals surface area contributed by atoms with Crippen LogP contribution in [0, 0.1) is 25.2 Å². The van der Waals surface area contributed by atoms with Crippen LogP contribution in [0.3, 0.4) is 0 Å². The summed E-state index contributed by atoms with van der Waals surface area (Å²) in [6.45, 7) is 6.51. The molecule has 0 radical (unpaired) electrons. The number of carbonyl (C=O) groups is 1. The minimum absolute atomic E-state index is 0.150. The van der Waals surface area contributed by atoms with E-state index >= 15 is 0 Å². The molecule has 3 nitrogen and oxygen atoms in total.